The fraction of sp³-hybridized carbons (Fsp3) is 0.500. The molecule has 0 aliphatic heterocycles. The first-order valence-electron chi connectivity index (χ1n) is 20.7. The van der Waals surface area contributed by atoms with Gasteiger partial charge in [0.25, 0.3) is 0 Å². The Balaban J connectivity index is 1.26. The Morgan fingerprint density at radius 2 is 1.41 bits per heavy atom. The number of nitrogens with zero attached hydrogens (tertiary/aromatic N) is 1. The summed E-state index contributed by atoms with van der Waals surface area (Å²) >= 11 is 0. The van der Waals surface area contributed by atoms with Crippen molar-refractivity contribution in [1.29, 1.82) is 0 Å². The van der Waals surface area contributed by atoms with Gasteiger partial charge in [-0.25, -0.2) is 0 Å². The first-order valence-corrected chi connectivity index (χ1v) is 23.7. The van der Waals surface area contributed by atoms with Crippen molar-refractivity contribution in [2.24, 2.45) is 0 Å². The zero-order valence-corrected chi connectivity index (χ0v) is 36.6. The highest BCUT2D eigenvalue weighted by Gasteiger charge is 2.39. The van der Waals surface area contributed by atoms with Crippen LogP contribution in [0.4, 0.5) is 0 Å². The molecule has 56 heavy (non-hydrogen) atoms. The van der Waals surface area contributed by atoms with E-state index in [1.165, 1.54) is 16.7 Å². The SMILES string of the molecule is CC(C)N(CCC(c1ccccc1)c1cc(CCCCOc2ccc(CCNCC(O[Si](C)(C)C(C)(C)C)c3ccc(O)c(CO)c3)cc2)ccc1O)C(C)C. The summed E-state index contributed by atoms with van der Waals surface area (Å²) in [6.45, 7) is 23.1. The van der Waals surface area contributed by atoms with Crippen LogP contribution in [0.25, 0.3) is 0 Å². The smallest absolute Gasteiger partial charge is 0.192 e. The van der Waals surface area contributed by atoms with Crippen LogP contribution in [0.3, 0.4) is 0 Å². The maximum absolute atomic E-state index is 11.1. The Hall–Kier alpha value is -3.66. The molecule has 7 nitrogen and oxygen atoms in total. The molecule has 0 aliphatic rings. The molecule has 306 valence electrons. The fourth-order valence-electron chi connectivity index (χ4n) is 7.15. The second-order valence-corrected chi connectivity index (χ2v) is 22.1. The normalized spacial score (nSPS) is 13.4. The van der Waals surface area contributed by atoms with Crippen LogP contribution in [0.2, 0.25) is 18.1 Å². The number of rotatable bonds is 22. The number of aryl methyl sites for hydroxylation is 1. The average molecular weight is 783 g/mol. The van der Waals surface area contributed by atoms with Gasteiger partial charge in [-0.2, -0.15) is 0 Å². The van der Waals surface area contributed by atoms with Crippen molar-refractivity contribution in [2.45, 2.75) is 129 Å². The predicted molar refractivity (Wildman–Crippen MR) is 234 cm³/mol. The summed E-state index contributed by atoms with van der Waals surface area (Å²) in [5.74, 6) is 1.48. The third-order valence-corrected chi connectivity index (χ3v) is 16.0. The highest BCUT2D eigenvalue weighted by Crippen LogP contribution is 2.40. The van der Waals surface area contributed by atoms with Crippen molar-refractivity contribution in [2.75, 3.05) is 26.2 Å². The van der Waals surface area contributed by atoms with Gasteiger partial charge in [0.15, 0.2) is 8.32 Å². The summed E-state index contributed by atoms with van der Waals surface area (Å²) in [4.78, 5) is 2.53. The predicted octanol–water partition coefficient (Wildman–Crippen LogP) is 10.5. The lowest BCUT2D eigenvalue weighted by Gasteiger charge is -2.39. The molecule has 0 aliphatic carbocycles. The minimum absolute atomic E-state index is 0.0542. The molecule has 0 spiro atoms. The van der Waals surface area contributed by atoms with Crippen LogP contribution in [0.1, 0.15) is 113 Å². The molecule has 0 bridgehead atoms. The van der Waals surface area contributed by atoms with E-state index in [1.54, 1.807) is 6.07 Å². The van der Waals surface area contributed by atoms with E-state index in [2.05, 4.69) is 139 Å². The number of phenols is 2. The van der Waals surface area contributed by atoms with Gasteiger partial charge in [-0.3, -0.25) is 4.90 Å². The molecule has 0 heterocycles. The average Bonchev–Trinajstić information content (AvgIpc) is 3.15. The number of phenolic OH excluding ortho intramolecular Hbond substituents is 1. The first kappa shape index (κ1) is 45.0. The summed E-state index contributed by atoms with van der Waals surface area (Å²) in [7, 11) is -2.08. The highest BCUT2D eigenvalue weighted by molar-refractivity contribution is 6.74. The van der Waals surface area contributed by atoms with Gasteiger partial charge in [0.1, 0.15) is 17.2 Å². The summed E-state index contributed by atoms with van der Waals surface area (Å²) < 4.78 is 13.0. The molecule has 4 aromatic rings. The van der Waals surface area contributed by atoms with Gasteiger partial charge in [0, 0.05) is 35.7 Å². The van der Waals surface area contributed by atoms with Gasteiger partial charge in [0.05, 0.1) is 19.3 Å². The molecule has 4 N–H and O–H groups in total. The van der Waals surface area contributed by atoms with Gasteiger partial charge >= 0.3 is 0 Å². The Morgan fingerprint density at radius 1 is 0.750 bits per heavy atom. The quantitative estimate of drug-likeness (QED) is 0.0466. The van der Waals surface area contributed by atoms with Crippen molar-refractivity contribution in [3.8, 4) is 17.2 Å². The van der Waals surface area contributed by atoms with Crippen molar-refractivity contribution < 1.29 is 24.5 Å². The van der Waals surface area contributed by atoms with Crippen LogP contribution < -0.4 is 10.1 Å². The Bertz CT molecular complexity index is 1750. The lowest BCUT2D eigenvalue weighted by molar-refractivity contribution is 0.170. The molecule has 2 atom stereocenters. The fourth-order valence-corrected chi connectivity index (χ4v) is 8.43. The third-order valence-electron chi connectivity index (χ3n) is 11.5. The van der Waals surface area contributed by atoms with Crippen LogP contribution in [-0.2, 0) is 23.9 Å². The second kappa shape index (κ2) is 21.2. The topological polar surface area (TPSA) is 94.4 Å². The Labute approximate surface area is 339 Å². The molecule has 4 rings (SSSR count). The standard InChI is InChI=1S/C48H70N2O5Si/c1-35(2)50(36(3)4)29-27-43(39-16-11-10-12-17-39)44-31-38(20-24-46(44)53)15-13-14-30-54-42-22-18-37(19-23-42)26-28-49-33-47(55-56(8,9)48(5,6)7)40-21-25-45(52)41(32-40)34-51/h10-12,16-25,31-32,35-36,43,47,49,51-53H,13-15,26-30,33-34H2,1-9H3. The van der Waals surface area contributed by atoms with Crippen molar-refractivity contribution in [1.82, 2.24) is 10.2 Å². The molecule has 0 fully saturated rings. The van der Waals surface area contributed by atoms with Gasteiger partial charge in [0.2, 0.25) is 0 Å². The van der Waals surface area contributed by atoms with Gasteiger partial charge in [-0.1, -0.05) is 81.4 Å². The zero-order chi connectivity index (χ0) is 40.9. The van der Waals surface area contributed by atoms with E-state index in [9.17, 15) is 15.3 Å². The largest absolute Gasteiger partial charge is 0.508 e. The number of aliphatic hydroxyl groups is 1. The van der Waals surface area contributed by atoms with E-state index in [4.69, 9.17) is 9.16 Å². The molecular weight excluding hydrogens is 713 g/mol. The van der Waals surface area contributed by atoms with Crippen LogP contribution >= 0.6 is 0 Å². The van der Waals surface area contributed by atoms with Gasteiger partial charge in [-0.05, 0) is 144 Å². The molecular formula is C48H70N2O5Si. The van der Waals surface area contributed by atoms with E-state index >= 15 is 0 Å². The maximum atomic E-state index is 11.1. The minimum atomic E-state index is -2.08. The summed E-state index contributed by atoms with van der Waals surface area (Å²) in [5, 5.41) is 34.6. The molecule has 0 amide bonds. The van der Waals surface area contributed by atoms with Crippen LogP contribution in [0.15, 0.2) is 91.0 Å². The summed E-state index contributed by atoms with van der Waals surface area (Å²) in [5.41, 5.74) is 6.21. The molecule has 0 saturated carbocycles. The molecule has 4 aromatic carbocycles. The lowest BCUT2D eigenvalue weighted by Crippen LogP contribution is -2.43. The highest BCUT2D eigenvalue weighted by atomic mass is 28.4. The number of hydrogen-bond donors (Lipinski definition) is 4. The molecule has 8 heteroatoms. The van der Waals surface area contributed by atoms with E-state index < -0.39 is 8.32 Å². The zero-order valence-electron chi connectivity index (χ0n) is 35.6. The van der Waals surface area contributed by atoms with Crippen LogP contribution in [0, 0.1) is 0 Å². The lowest BCUT2D eigenvalue weighted by atomic mass is 9.86. The van der Waals surface area contributed by atoms with Crippen molar-refractivity contribution >= 4 is 8.32 Å². The van der Waals surface area contributed by atoms with E-state index in [-0.39, 0.29) is 29.4 Å². The van der Waals surface area contributed by atoms with Crippen molar-refractivity contribution in [3.63, 3.8) is 0 Å². The van der Waals surface area contributed by atoms with Crippen LogP contribution in [0.5, 0.6) is 17.2 Å². The number of aromatic hydroxyl groups is 2. The maximum Gasteiger partial charge on any atom is 0.192 e. The number of unbranched alkanes of at least 4 members (excludes halogenated alkanes) is 1. The number of nitrogens with one attached hydrogen (secondary N) is 1. The molecule has 2 unspecified atom stereocenters. The number of hydrogen-bond acceptors (Lipinski definition) is 7. The van der Waals surface area contributed by atoms with E-state index in [0.29, 0.717) is 36.5 Å². The number of benzene rings is 4. The minimum Gasteiger partial charge on any atom is -0.508 e. The van der Waals surface area contributed by atoms with E-state index in [0.717, 1.165) is 62.1 Å². The third kappa shape index (κ3) is 13.2. The number of aliphatic hydroxyl groups excluding tert-OH is 1. The van der Waals surface area contributed by atoms with Gasteiger partial charge in [-0.15, -0.1) is 0 Å². The van der Waals surface area contributed by atoms with Crippen LogP contribution in [-0.4, -0.2) is 66.9 Å². The Morgan fingerprint density at radius 3 is 2.05 bits per heavy atom. The first-order chi connectivity index (χ1) is 26.6. The van der Waals surface area contributed by atoms with Crippen molar-refractivity contribution in [3.05, 3.63) is 124 Å². The second-order valence-electron chi connectivity index (χ2n) is 17.4. The Kier molecular flexibility index (Phi) is 17.0. The molecule has 0 saturated heterocycles. The monoisotopic (exact) mass is 783 g/mol. The molecule has 0 radical (unpaired) electrons. The van der Waals surface area contributed by atoms with Gasteiger partial charge < -0.3 is 29.8 Å². The number of ether oxygens (including phenoxy) is 1. The summed E-state index contributed by atoms with van der Waals surface area (Å²) in [6, 6.07) is 31.5. The van der Waals surface area contributed by atoms with E-state index in [1.807, 2.05) is 18.2 Å². The molecule has 0 aromatic heterocycles. The summed E-state index contributed by atoms with van der Waals surface area (Å²) in [6.07, 6.45) is 4.52.